The van der Waals surface area contributed by atoms with Crippen LogP contribution in [-0.4, -0.2) is 18.4 Å². The smallest absolute Gasteiger partial charge is 0.258 e. The van der Waals surface area contributed by atoms with Gasteiger partial charge in [-0.15, -0.1) is 0 Å². The second kappa shape index (κ2) is 7.69. The molecule has 3 aromatic rings. The number of nitrogens with one attached hydrogen (secondary N) is 1. The van der Waals surface area contributed by atoms with Crippen molar-refractivity contribution in [3.63, 3.8) is 0 Å². The number of hydrogen-bond donors (Lipinski definition) is 1. The van der Waals surface area contributed by atoms with Crippen LogP contribution in [0.3, 0.4) is 0 Å². The Morgan fingerprint density at radius 2 is 1.64 bits per heavy atom. The molecule has 2 amide bonds. The first-order valence-corrected chi connectivity index (χ1v) is 9.50. The molecule has 28 heavy (non-hydrogen) atoms. The molecule has 0 aliphatic carbocycles. The lowest BCUT2D eigenvalue weighted by Crippen LogP contribution is -2.35. The maximum Gasteiger partial charge on any atom is 0.258 e. The number of fused-ring (bicyclic) bond motifs is 1. The molecule has 0 saturated heterocycles. The average molecular weight is 370 g/mol. The first-order valence-electron chi connectivity index (χ1n) is 9.50. The largest absolute Gasteiger partial charge is 0.322 e. The summed E-state index contributed by atoms with van der Waals surface area (Å²) in [4.78, 5) is 27.3. The molecule has 4 heteroatoms. The van der Waals surface area contributed by atoms with Crippen molar-refractivity contribution in [2.75, 3.05) is 16.8 Å². The van der Waals surface area contributed by atoms with Gasteiger partial charge >= 0.3 is 0 Å². The van der Waals surface area contributed by atoms with Gasteiger partial charge in [-0.3, -0.25) is 9.59 Å². The number of anilines is 2. The lowest BCUT2D eigenvalue weighted by Gasteiger charge is -2.30. The van der Waals surface area contributed by atoms with Crippen molar-refractivity contribution in [2.24, 2.45) is 0 Å². The SMILES string of the molecule is Cc1ccc(C(=O)Nc2ccc3c(c2)N(C(=O)c2ccccc2)CCC3)cc1. The van der Waals surface area contributed by atoms with E-state index in [0.717, 1.165) is 29.7 Å². The second-order valence-electron chi connectivity index (χ2n) is 7.09. The lowest BCUT2D eigenvalue weighted by atomic mass is 10.00. The summed E-state index contributed by atoms with van der Waals surface area (Å²) >= 11 is 0. The molecule has 1 aliphatic rings. The summed E-state index contributed by atoms with van der Waals surface area (Å²) in [5.41, 5.74) is 5.09. The summed E-state index contributed by atoms with van der Waals surface area (Å²) in [6, 6.07) is 22.6. The molecule has 0 fully saturated rings. The number of aryl methyl sites for hydroxylation is 2. The molecule has 3 aromatic carbocycles. The van der Waals surface area contributed by atoms with E-state index in [9.17, 15) is 9.59 Å². The zero-order valence-electron chi connectivity index (χ0n) is 15.8. The van der Waals surface area contributed by atoms with Crippen LogP contribution in [0, 0.1) is 6.92 Å². The fourth-order valence-corrected chi connectivity index (χ4v) is 3.51. The van der Waals surface area contributed by atoms with Gasteiger partial charge in [0.1, 0.15) is 0 Å². The minimum Gasteiger partial charge on any atom is -0.322 e. The van der Waals surface area contributed by atoms with Gasteiger partial charge in [0.25, 0.3) is 11.8 Å². The van der Waals surface area contributed by atoms with E-state index in [-0.39, 0.29) is 11.8 Å². The molecule has 0 bridgehead atoms. The fraction of sp³-hybridized carbons (Fsp3) is 0.167. The fourth-order valence-electron chi connectivity index (χ4n) is 3.51. The van der Waals surface area contributed by atoms with Crippen LogP contribution in [0.4, 0.5) is 11.4 Å². The zero-order chi connectivity index (χ0) is 19.5. The number of rotatable bonds is 3. The molecule has 0 spiro atoms. The lowest BCUT2D eigenvalue weighted by molar-refractivity contribution is 0.0984. The van der Waals surface area contributed by atoms with E-state index in [1.54, 1.807) is 0 Å². The third kappa shape index (κ3) is 3.67. The normalized spacial score (nSPS) is 13.0. The van der Waals surface area contributed by atoms with Gasteiger partial charge in [-0.1, -0.05) is 42.0 Å². The van der Waals surface area contributed by atoms with E-state index >= 15 is 0 Å². The summed E-state index contributed by atoms with van der Waals surface area (Å²) < 4.78 is 0. The van der Waals surface area contributed by atoms with Crippen molar-refractivity contribution in [2.45, 2.75) is 19.8 Å². The molecule has 4 nitrogen and oxygen atoms in total. The minimum atomic E-state index is -0.156. The summed E-state index contributed by atoms with van der Waals surface area (Å²) in [6.45, 7) is 2.67. The highest BCUT2D eigenvalue weighted by atomic mass is 16.2. The Bertz CT molecular complexity index is 1010. The number of nitrogens with zero attached hydrogens (tertiary/aromatic N) is 1. The van der Waals surface area contributed by atoms with Crippen LogP contribution in [0.5, 0.6) is 0 Å². The first-order chi connectivity index (χ1) is 13.6. The van der Waals surface area contributed by atoms with Crippen LogP contribution < -0.4 is 10.2 Å². The topological polar surface area (TPSA) is 49.4 Å². The molecule has 0 radical (unpaired) electrons. The van der Waals surface area contributed by atoms with E-state index in [1.807, 2.05) is 84.6 Å². The molecule has 0 aromatic heterocycles. The molecule has 0 unspecified atom stereocenters. The predicted molar refractivity (Wildman–Crippen MR) is 112 cm³/mol. The van der Waals surface area contributed by atoms with Crippen molar-refractivity contribution in [3.8, 4) is 0 Å². The monoisotopic (exact) mass is 370 g/mol. The molecule has 1 aliphatic heterocycles. The van der Waals surface area contributed by atoms with Crippen molar-refractivity contribution in [1.82, 2.24) is 0 Å². The molecule has 1 heterocycles. The molecular weight excluding hydrogens is 348 g/mol. The van der Waals surface area contributed by atoms with Gasteiger partial charge in [0, 0.05) is 29.0 Å². The van der Waals surface area contributed by atoms with E-state index in [0.29, 0.717) is 23.4 Å². The first kappa shape index (κ1) is 18.0. The Labute approximate surface area is 164 Å². The summed E-state index contributed by atoms with van der Waals surface area (Å²) in [5.74, 6) is -0.166. The Morgan fingerprint density at radius 1 is 0.893 bits per heavy atom. The van der Waals surface area contributed by atoms with Crippen LogP contribution in [0.15, 0.2) is 72.8 Å². The highest BCUT2D eigenvalue weighted by Gasteiger charge is 2.24. The number of hydrogen-bond acceptors (Lipinski definition) is 2. The number of benzene rings is 3. The Morgan fingerprint density at radius 3 is 2.39 bits per heavy atom. The second-order valence-corrected chi connectivity index (χ2v) is 7.09. The highest BCUT2D eigenvalue weighted by Crippen LogP contribution is 2.31. The zero-order valence-corrected chi connectivity index (χ0v) is 15.8. The Kier molecular flexibility index (Phi) is 4.94. The van der Waals surface area contributed by atoms with E-state index in [4.69, 9.17) is 0 Å². The summed E-state index contributed by atoms with van der Waals surface area (Å²) in [7, 11) is 0. The third-order valence-corrected chi connectivity index (χ3v) is 5.04. The van der Waals surface area contributed by atoms with Crippen LogP contribution in [-0.2, 0) is 6.42 Å². The van der Waals surface area contributed by atoms with Crippen LogP contribution in [0.2, 0.25) is 0 Å². The minimum absolute atomic E-state index is 0.0106. The standard InChI is InChI=1S/C24H22N2O2/c1-17-9-11-19(12-10-17)23(27)25-21-14-13-18-8-5-15-26(22(18)16-21)24(28)20-6-3-2-4-7-20/h2-4,6-7,9-14,16H,5,8,15H2,1H3,(H,25,27). The molecule has 4 rings (SSSR count). The molecular formula is C24H22N2O2. The predicted octanol–water partition coefficient (Wildman–Crippen LogP) is 4.84. The van der Waals surface area contributed by atoms with Gasteiger partial charge in [0.15, 0.2) is 0 Å². The number of amides is 2. The van der Waals surface area contributed by atoms with E-state index in [2.05, 4.69) is 5.32 Å². The number of carbonyl (C=O) groups is 2. The van der Waals surface area contributed by atoms with Crippen molar-refractivity contribution >= 4 is 23.2 Å². The van der Waals surface area contributed by atoms with Crippen molar-refractivity contribution < 1.29 is 9.59 Å². The Hall–Kier alpha value is -3.40. The molecule has 140 valence electrons. The van der Waals surface area contributed by atoms with Crippen LogP contribution in [0.25, 0.3) is 0 Å². The summed E-state index contributed by atoms with van der Waals surface area (Å²) in [5, 5.41) is 2.95. The highest BCUT2D eigenvalue weighted by molar-refractivity contribution is 6.08. The van der Waals surface area contributed by atoms with Crippen LogP contribution in [0.1, 0.15) is 38.3 Å². The summed E-state index contributed by atoms with van der Waals surface area (Å²) in [6.07, 6.45) is 1.86. The van der Waals surface area contributed by atoms with Gasteiger partial charge in [-0.2, -0.15) is 0 Å². The molecule has 0 atom stereocenters. The Balaban J connectivity index is 1.60. The number of carbonyl (C=O) groups excluding carboxylic acids is 2. The van der Waals surface area contributed by atoms with Crippen molar-refractivity contribution in [3.05, 3.63) is 95.1 Å². The quantitative estimate of drug-likeness (QED) is 0.717. The van der Waals surface area contributed by atoms with Gasteiger partial charge in [0.05, 0.1) is 0 Å². The third-order valence-electron chi connectivity index (χ3n) is 5.04. The van der Waals surface area contributed by atoms with Gasteiger partial charge in [-0.25, -0.2) is 0 Å². The maximum atomic E-state index is 13.0. The van der Waals surface area contributed by atoms with Crippen LogP contribution >= 0.6 is 0 Å². The van der Waals surface area contributed by atoms with E-state index in [1.165, 1.54) is 0 Å². The van der Waals surface area contributed by atoms with Crippen molar-refractivity contribution in [1.29, 1.82) is 0 Å². The molecule has 1 N–H and O–H groups in total. The maximum absolute atomic E-state index is 13.0. The van der Waals surface area contributed by atoms with Gasteiger partial charge in [0.2, 0.25) is 0 Å². The molecule has 0 saturated carbocycles. The average Bonchev–Trinajstić information content (AvgIpc) is 2.74. The van der Waals surface area contributed by atoms with Gasteiger partial charge in [-0.05, 0) is 61.7 Å². The van der Waals surface area contributed by atoms with E-state index < -0.39 is 0 Å². The van der Waals surface area contributed by atoms with Gasteiger partial charge < -0.3 is 10.2 Å².